The summed E-state index contributed by atoms with van der Waals surface area (Å²) in [6.07, 6.45) is 0. The van der Waals surface area contributed by atoms with Gasteiger partial charge >= 0.3 is 0 Å². The summed E-state index contributed by atoms with van der Waals surface area (Å²) < 4.78 is 31.0. The molecule has 0 bridgehead atoms. The number of ether oxygens (including phenoxy) is 1. The number of phenolic OH excluding ortho intramolecular Hbond substituents is 1. The third-order valence-corrected chi connectivity index (χ3v) is 4.69. The molecule has 0 atom stereocenters. The van der Waals surface area contributed by atoms with Crippen molar-refractivity contribution in [2.45, 2.75) is 4.90 Å². The van der Waals surface area contributed by atoms with Crippen molar-refractivity contribution in [1.29, 1.82) is 0 Å². The number of nitrogens with zero attached hydrogens (tertiary/aromatic N) is 1. The SMILES string of the molecule is COc1ccc(N(C)S(=O)(=O)c2cccc(O)c2)cc1. The molecule has 0 aromatic heterocycles. The van der Waals surface area contributed by atoms with Gasteiger partial charge in [0.2, 0.25) is 0 Å². The number of hydrogen-bond donors (Lipinski definition) is 1. The van der Waals surface area contributed by atoms with Crippen molar-refractivity contribution in [3.05, 3.63) is 48.5 Å². The van der Waals surface area contributed by atoms with Gasteiger partial charge in [-0.25, -0.2) is 8.42 Å². The van der Waals surface area contributed by atoms with E-state index < -0.39 is 10.0 Å². The minimum atomic E-state index is -3.70. The van der Waals surface area contributed by atoms with Crippen LogP contribution in [-0.4, -0.2) is 27.7 Å². The molecule has 5 nitrogen and oxygen atoms in total. The van der Waals surface area contributed by atoms with Crippen molar-refractivity contribution in [1.82, 2.24) is 0 Å². The normalized spacial score (nSPS) is 11.1. The smallest absolute Gasteiger partial charge is 0.264 e. The van der Waals surface area contributed by atoms with Crippen LogP contribution in [0.5, 0.6) is 11.5 Å². The van der Waals surface area contributed by atoms with Crippen LogP contribution in [0.25, 0.3) is 0 Å². The van der Waals surface area contributed by atoms with Gasteiger partial charge in [0.25, 0.3) is 10.0 Å². The van der Waals surface area contributed by atoms with Crippen LogP contribution in [0.1, 0.15) is 0 Å². The summed E-state index contributed by atoms with van der Waals surface area (Å²) in [5, 5.41) is 9.40. The molecular weight excluding hydrogens is 278 g/mol. The van der Waals surface area contributed by atoms with Crippen molar-refractivity contribution in [3.8, 4) is 11.5 Å². The number of methoxy groups -OCH3 is 1. The summed E-state index contributed by atoms with van der Waals surface area (Å²) in [5.74, 6) is 0.561. The first-order valence-corrected chi connectivity index (χ1v) is 7.31. The Morgan fingerprint density at radius 3 is 2.30 bits per heavy atom. The van der Waals surface area contributed by atoms with Crippen LogP contribution in [0, 0.1) is 0 Å². The van der Waals surface area contributed by atoms with Crippen LogP contribution in [0.3, 0.4) is 0 Å². The zero-order chi connectivity index (χ0) is 14.8. The lowest BCUT2D eigenvalue weighted by molar-refractivity contribution is 0.415. The lowest BCUT2D eigenvalue weighted by Gasteiger charge is -2.19. The number of sulfonamides is 1. The van der Waals surface area contributed by atoms with E-state index in [9.17, 15) is 13.5 Å². The summed E-state index contributed by atoms with van der Waals surface area (Å²) in [4.78, 5) is 0.0378. The number of rotatable bonds is 4. The van der Waals surface area contributed by atoms with E-state index >= 15 is 0 Å². The van der Waals surface area contributed by atoms with Gasteiger partial charge in [0, 0.05) is 13.1 Å². The molecule has 0 aliphatic carbocycles. The highest BCUT2D eigenvalue weighted by atomic mass is 32.2. The lowest BCUT2D eigenvalue weighted by atomic mass is 10.3. The highest BCUT2D eigenvalue weighted by Gasteiger charge is 2.21. The predicted octanol–water partition coefficient (Wildman–Crippen LogP) is 2.23. The molecule has 6 heteroatoms. The Morgan fingerprint density at radius 2 is 1.75 bits per heavy atom. The van der Waals surface area contributed by atoms with E-state index in [0.29, 0.717) is 11.4 Å². The van der Waals surface area contributed by atoms with Gasteiger partial charge in [-0.1, -0.05) is 6.07 Å². The van der Waals surface area contributed by atoms with Crippen LogP contribution in [0.15, 0.2) is 53.4 Å². The quantitative estimate of drug-likeness (QED) is 0.938. The Bertz CT molecular complexity index is 695. The number of aromatic hydroxyl groups is 1. The molecule has 0 amide bonds. The summed E-state index contributed by atoms with van der Waals surface area (Å²) in [7, 11) is -0.698. The highest BCUT2D eigenvalue weighted by molar-refractivity contribution is 7.92. The summed E-state index contributed by atoms with van der Waals surface area (Å²) in [6.45, 7) is 0. The third kappa shape index (κ3) is 2.70. The van der Waals surface area contributed by atoms with Crippen LogP contribution < -0.4 is 9.04 Å². The number of benzene rings is 2. The number of anilines is 1. The van der Waals surface area contributed by atoms with Crippen LogP contribution in [0.2, 0.25) is 0 Å². The van der Waals surface area contributed by atoms with Gasteiger partial charge in [0.15, 0.2) is 0 Å². The molecule has 0 heterocycles. The van der Waals surface area contributed by atoms with Gasteiger partial charge in [-0.2, -0.15) is 0 Å². The molecule has 2 rings (SSSR count). The van der Waals surface area contributed by atoms with E-state index in [4.69, 9.17) is 4.74 Å². The van der Waals surface area contributed by atoms with Gasteiger partial charge in [0.05, 0.1) is 17.7 Å². The van der Waals surface area contributed by atoms with E-state index in [1.165, 1.54) is 31.3 Å². The van der Waals surface area contributed by atoms with Gasteiger partial charge < -0.3 is 9.84 Å². The predicted molar refractivity (Wildman–Crippen MR) is 76.7 cm³/mol. The van der Waals surface area contributed by atoms with Gasteiger partial charge in [-0.3, -0.25) is 4.31 Å². The maximum Gasteiger partial charge on any atom is 0.264 e. The van der Waals surface area contributed by atoms with Crippen molar-refractivity contribution in [3.63, 3.8) is 0 Å². The second kappa shape index (κ2) is 5.42. The maximum atomic E-state index is 12.4. The molecule has 1 N–H and O–H groups in total. The fourth-order valence-electron chi connectivity index (χ4n) is 1.73. The van der Waals surface area contributed by atoms with Crippen LogP contribution >= 0.6 is 0 Å². The largest absolute Gasteiger partial charge is 0.508 e. The Kier molecular flexibility index (Phi) is 3.85. The van der Waals surface area contributed by atoms with E-state index in [1.54, 1.807) is 31.4 Å². The topological polar surface area (TPSA) is 66.8 Å². The molecule has 0 fully saturated rings. The Hall–Kier alpha value is -2.21. The molecule has 0 aliphatic rings. The average Bonchev–Trinajstić information content (AvgIpc) is 2.46. The Labute approximate surface area is 118 Å². The van der Waals surface area contributed by atoms with Crippen LogP contribution in [-0.2, 0) is 10.0 Å². The third-order valence-electron chi connectivity index (χ3n) is 2.91. The molecule has 0 saturated carbocycles. The molecule has 0 aliphatic heterocycles. The lowest BCUT2D eigenvalue weighted by Crippen LogP contribution is -2.26. The van der Waals surface area contributed by atoms with Crippen LogP contribution in [0.4, 0.5) is 5.69 Å². The van der Waals surface area contributed by atoms with Gasteiger partial charge in [-0.05, 0) is 36.4 Å². The zero-order valence-corrected chi connectivity index (χ0v) is 12.0. The molecule has 0 unspecified atom stereocenters. The molecule has 2 aromatic rings. The van der Waals surface area contributed by atoms with Gasteiger partial charge in [0.1, 0.15) is 11.5 Å². The first-order chi connectivity index (χ1) is 9.45. The molecule has 0 saturated heterocycles. The van der Waals surface area contributed by atoms with Gasteiger partial charge in [-0.15, -0.1) is 0 Å². The first kappa shape index (κ1) is 14.2. The molecular formula is C14H15NO4S. The summed E-state index contributed by atoms with van der Waals surface area (Å²) in [6, 6.07) is 12.2. The highest BCUT2D eigenvalue weighted by Crippen LogP contribution is 2.25. The standard InChI is InChI=1S/C14H15NO4S/c1-15(11-6-8-13(19-2)9-7-11)20(17,18)14-5-3-4-12(16)10-14/h3-10,16H,1-2H3. The molecule has 0 radical (unpaired) electrons. The molecule has 20 heavy (non-hydrogen) atoms. The summed E-state index contributed by atoms with van der Waals surface area (Å²) >= 11 is 0. The zero-order valence-electron chi connectivity index (χ0n) is 11.1. The van der Waals surface area contributed by atoms with Crippen molar-refractivity contribution in [2.75, 3.05) is 18.5 Å². The molecule has 106 valence electrons. The summed E-state index contributed by atoms with van der Waals surface area (Å²) in [5.41, 5.74) is 0.508. The first-order valence-electron chi connectivity index (χ1n) is 5.87. The second-order valence-corrected chi connectivity index (χ2v) is 6.14. The maximum absolute atomic E-state index is 12.4. The molecule has 0 spiro atoms. The van der Waals surface area contributed by atoms with E-state index in [0.717, 1.165) is 4.31 Å². The number of phenols is 1. The minimum absolute atomic E-state index is 0.0378. The average molecular weight is 293 g/mol. The monoisotopic (exact) mass is 293 g/mol. The van der Waals surface area contributed by atoms with E-state index in [2.05, 4.69) is 0 Å². The fourth-order valence-corrected chi connectivity index (χ4v) is 2.97. The van der Waals surface area contributed by atoms with Crippen molar-refractivity contribution >= 4 is 15.7 Å². The van der Waals surface area contributed by atoms with E-state index in [-0.39, 0.29) is 10.6 Å². The number of hydrogen-bond acceptors (Lipinski definition) is 4. The Morgan fingerprint density at radius 1 is 1.10 bits per heavy atom. The van der Waals surface area contributed by atoms with Crippen molar-refractivity contribution < 1.29 is 18.3 Å². The minimum Gasteiger partial charge on any atom is -0.508 e. The van der Waals surface area contributed by atoms with E-state index in [1.807, 2.05) is 0 Å². The van der Waals surface area contributed by atoms with Crippen molar-refractivity contribution in [2.24, 2.45) is 0 Å². The Balaban J connectivity index is 2.37. The molecule has 2 aromatic carbocycles. The fraction of sp³-hybridized carbons (Fsp3) is 0.143. The second-order valence-electron chi connectivity index (χ2n) is 4.17.